The Morgan fingerprint density at radius 1 is 1.21 bits per heavy atom. The molecule has 1 aromatic rings. The quantitative estimate of drug-likeness (QED) is 0.832. The molecule has 0 aliphatic carbocycles. The van der Waals surface area contributed by atoms with Gasteiger partial charge in [0.05, 0.1) is 18.7 Å². The molecular weight excluding hydrogens is 325 g/mol. The highest BCUT2D eigenvalue weighted by molar-refractivity contribution is 5.97. The molecular formula is C16H19F3N2O3. The number of hydrogen-bond donors (Lipinski definition) is 1. The van der Waals surface area contributed by atoms with E-state index in [1.807, 2.05) is 0 Å². The Morgan fingerprint density at radius 3 is 2.42 bits per heavy atom. The molecule has 1 fully saturated rings. The second kappa shape index (κ2) is 7.65. The van der Waals surface area contributed by atoms with Gasteiger partial charge in [-0.2, -0.15) is 13.2 Å². The van der Waals surface area contributed by atoms with Gasteiger partial charge in [-0.05, 0) is 50.0 Å². The number of nitrogens with two attached hydrogens (primary N) is 1. The predicted octanol–water partition coefficient (Wildman–Crippen LogP) is 2.22. The van der Waals surface area contributed by atoms with Crippen LogP contribution in [-0.4, -0.2) is 49.2 Å². The summed E-state index contributed by atoms with van der Waals surface area (Å²) in [6.45, 7) is -0.0866. The number of halogens is 3. The van der Waals surface area contributed by atoms with Crippen LogP contribution in [0.15, 0.2) is 24.3 Å². The highest BCUT2D eigenvalue weighted by atomic mass is 19.4. The molecule has 5 nitrogen and oxygen atoms in total. The van der Waals surface area contributed by atoms with Gasteiger partial charge < -0.3 is 10.5 Å². The van der Waals surface area contributed by atoms with E-state index in [0.717, 1.165) is 0 Å². The maximum Gasteiger partial charge on any atom is 0.401 e. The minimum Gasteiger partial charge on any atom is -0.462 e. The molecule has 1 saturated heterocycles. The zero-order valence-corrected chi connectivity index (χ0v) is 13.0. The Kier molecular flexibility index (Phi) is 5.82. The number of likely N-dealkylation sites (tertiary alicyclic amines) is 1. The summed E-state index contributed by atoms with van der Waals surface area (Å²) in [6, 6.07) is 5.90. The molecule has 0 unspecified atom stereocenters. The van der Waals surface area contributed by atoms with Crippen molar-refractivity contribution in [2.75, 3.05) is 26.2 Å². The lowest BCUT2D eigenvalue weighted by molar-refractivity contribution is -0.148. The van der Waals surface area contributed by atoms with Crippen LogP contribution in [0.3, 0.4) is 0 Å². The third-order valence-corrected chi connectivity index (χ3v) is 3.94. The largest absolute Gasteiger partial charge is 0.462 e. The number of hydrogen-bond acceptors (Lipinski definition) is 4. The summed E-state index contributed by atoms with van der Waals surface area (Å²) in [4.78, 5) is 24.4. The van der Waals surface area contributed by atoms with Crippen molar-refractivity contribution < 1.29 is 27.5 Å². The van der Waals surface area contributed by atoms with Gasteiger partial charge in [0, 0.05) is 5.56 Å². The van der Waals surface area contributed by atoms with Gasteiger partial charge in [-0.1, -0.05) is 6.07 Å². The molecule has 1 aliphatic rings. The third kappa shape index (κ3) is 5.52. The van der Waals surface area contributed by atoms with Crippen molar-refractivity contribution in [3.63, 3.8) is 0 Å². The Bertz CT molecular complexity index is 596. The first-order chi connectivity index (χ1) is 11.2. The summed E-state index contributed by atoms with van der Waals surface area (Å²) in [5.74, 6) is -1.17. The topological polar surface area (TPSA) is 72.6 Å². The molecule has 132 valence electrons. The molecule has 0 saturated carbocycles. The van der Waals surface area contributed by atoms with E-state index in [1.165, 1.54) is 29.2 Å². The van der Waals surface area contributed by atoms with E-state index in [-0.39, 0.29) is 23.7 Å². The Balaban J connectivity index is 1.79. The molecule has 0 spiro atoms. The molecule has 2 rings (SSSR count). The minimum atomic E-state index is -4.19. The smallest absolute Gasteiger partial charge is 0.401 e. The Hall–Kier alpha value is -2.09. The van der Waals surface area contributed by atoms with Crippen molar-refractivity contribution in [1.29, 1.82) is 0 Å². The van der Waals surface area contributed by atoms with Crippen LogP contribution in [0.25, 0.3) is 0 Å². The van der Waals surface area contributed by atoms with E-state index in [9.17, 15) is 22.8 Å². The lowest BCUT2D eigenvalue weighted by Crippen LogP contribution is -2.40. The van der Waals surface area contributed by atoms with Crippen molar-refractivity contribution >= 4 is 11.9 Å². The molecule has 0 atom stereocenters. The first-order valence-corrected chi connectivity index (χ1v) is 7.61. The van der Waals surface area contributed by atoms with Crippen molar-refractivity contribution in [1.82, 2.24) is 4.90 Å². The lowest BCUT2D eigenvalue weighted by Gasteiger charge is -2.31. The molecule has 0 aromatic heterocycles. The maximum absolute atomic E-state index is 12.3. The summed E-state index contributed by atoms with van der Waals surface area (Å²) in [6.07, 6.45) is -3.10. The van der Waals surface area contributed by atoms with Crippen LogP contribution in [0.2, 0.25) is 0 Å². The summed E-state index contributed by atoms with van der Waals surface area (Å²) in [5, 5.41) is 0. The highest BCUT2D eigenvalue weighted by Gasteiger charge is 2.32. The SMILES string of the molecule is NC(=O)c1cccc(C(=O)OCC2CCN(CC(F)(F)F)CC2)c1. The van der Waals surface area contributed by atoms with Gasteiger partial charge >= 0.3 is 12.1 Å². The highest BCUT2D eigenvalue weighted by Crippen LogP contribution is 2.23. The van der Waals surface area contributed by atoms with Gasteiger partial charge in [0.25, 0.3) is 0 Å². The van der Waals surface area contributed by atoms with Crippen molar-refractivity contribution in [3.8, 4) is 0 Å². The summed E-state index contributed by atoms with van der Waals surface area (Å²) >= 11 is 0. The van der Waals surface area contributed by atoms with E-state index in [4.69, 9.17) is 10.5 Å². The summed E-state index contributed by atoms with van der Waals surface area (Å²) in [5.41, 5.74) is 5.59. The van der Waals surface area contributed by atoms with E-state index in [0.29, 0.717) is 25.9 Å². The standard InChI is InChI=1S/C16H19F3N2O3/c17-16(18,19)10-21-6-4-11(5-7-21)9-24-15(23)13-3-1-2-12(8-13)14(20)22/h1-3,8,11H,4-7,9-10H2,(H2,20,22). The van der Waals surface area contributed by atoms with Crippen LogP contribution in [-0.2, 0) is 4.74 Å². The average molecular weight is 344 g/mol. The number of esters is 1. The third-order valence-electron chi connectivity index (χ3n) is 3.94. The van der Waals surface area contributed by atoms with Gasteiger partial charge in [-0.3, -0.25) is 9.69 Å². The fourth-order valence-corrected chi connectivity index (χ4v) is 2.64. The number of amides is 1. The Labute approximate surface area is 137 Å². The van der Waals surface area contributed by atoms with Crippen LogP contribution in [0, 0.1) is 5.92 Å². The molecule has 24 heavy (non-hydrogen) atoms. The number of alkyl halides is 3. The van der Waals surface area contributed by atoms with Crippen molar-refractivity contribution in [3.05, 3.63) is 35.4 Å². The second-order valence-electron chi connectivity index (χ2n) is 5.88. The number of carbonyl (C=O) groups is 2. The average Bonchev–Trinajstić information content (AvgIpc) is 2.52. The van der Waals surface area contributed by atoms with E-state index in [1.54, 1.807) is 0 Å². The number of primary amides is 1. The molecule has 0 bridgehead atoms. The molecule has 1 aliphatic heterocycles. The summed E-state index contributed by atoms with van der Waals surface area (Å²) in [7, 11) is 0. The van der Waals surface area contributed by atoms with Crippen molar-refractivity contribution in [2.24, 2.45) is 11.7 Å². The number of ether oxygens (including phenoxy) is 1. The van der Waals surface area contributed by atoms with Crippen LogP contribution in [0.1, 0.15) is 33.6 Å². The van der Waals surface area contributed by atoms with Crippen LogP contribution in [0.5, 0.6) is 0 Å². The minimum absolute atomic E-state index is 0.0396. The summed E-state index contributed by atoms with van der Waals surface area (Å²) < 4.78 is 42.2. The number of carbonyl (C=O) groups excluding carboxylic acids is 2. The van der Waals surface area contributed by atoms with Crippen molar-refractivity contribution in [2.45, 2.75) is 19.0 Å². The predicted molar refractivity (Wildman–Crippen MR) is 80.5 cm³/mol. The molecule has 1 amide bonds. The zero-order chi connectivity index (χ0) is 17.7. The molecule has 2 N–H and O–H groups in total. The van der Waals surface area contributed by atoms with Gasteiger partial charge in [-0.15, -0.1) is 0 Å². The first kappa shape index (κ1) is 18.3. The number of rotatable bonds is 5. The van der Waals surface area contributed by atoms with Gasteiger partial charge in [0.1, 0.15) is 0 Å². The van der Waals surface area contributed by atoms with Crippen LogP contribution < -0.4 is 5.73 Å². The molecule has 8 heteroatoms. The van der Waals surface area contributed by atoms with E-state index >= 15 is 0 Å². The van der Waals surface area contributed by atoms with Gasteiger partial charge in [0.15, 0.2) is 0 Å². The second-order valence-corrected chi connectivity index (χ2v) is 5.88. The van der Waals surface area contributed by atoms with Gasteiger partial charge in [0.2, 0.25) is 5.91 Å². The van der Waals surface area contributed by atoms with Gasteiger partial charge in [-0.25, -0.2) is 4.79 Å². The number of piperidine rings is 1. The zero-order valence-electron chi connectivity index (χ0n) is 13.0. The fourth-order valence-electron chi connectivity index (χ4n) is 2.64. The molecule has 1 heterocycles. The van der Waals surface area contributed by atoms with Crippen LogP contribution >= 0.6 is 0 Å². The molecule has 0 radical (unpaired) electrons. The number of benzene rings is 1. The van der Waals surface area contributed by atoms with E-state index < -0.39 is 24.6 Å². The first-order valence-electron chi connectivity index (χ1n) is 7.61. The fraction of sp³-hybridized carbons (Fsp3) is 0.500. The van der Waals surface area contributed by atoms with E-state index in [2.05, 4.69) is 0 Å². The monoisotopic (exact) mass is 344 g/mol. The number of nitrogens with zero attached hydrogens (tertiary/aromatic N) is 1. The maximum atomic E-state index is 12.3. The Morgan fingerprint density at radius 2 is 1.83 bits per heavy atom. The normalized spacial score (nSPS) is 16.8. The lowest BCUT2D eigenvalue weighted by atomic mass is 9.98. The van der Waals surface area contributed by atoms with Crippen LogP contribution in [0.4, 0.5) is 13.2 Å². The molecule has 1 aromatic carbocycles.